The molecule has 4 rings (SSSR count). The van der Waals surface area contributed by atoms with Crippen LogP contribution in [0.4, 0.5) is 0 Å². The minimum absolute atomic E-state index is 0.103. The number of nitrogens with zero attached hydrogens (tertiary/aromatic N) is 3. The maximum Gasteiger partial charge on any atom is 0.237 e. The van der Waals surface area contributed by atoms with Crippen LogP contribution in [-0.4, -0.2) is 45.8 Å². The third kappa shape index (κ3) is 4.75. The Morgan fingerprint density at radius 1 is 1.17 bits per heavy atom. The van der Waals surface area contributed by atoms with Gasteiger partial charge in [0.05, 0.1) is 24.7 Å². The molecule has 29 heavy (non-hydrogen) atoms. The minimum atomic E-state index is -0.486. The Bertz CT molecular complexity index is 1010. The summed E-state index contributed by atoms with van der Waals surface area (Å²) in [6.07, 6.45) is 3.19. The summed E-state index contributed by atoms with van der Waals surface area (Å²) in [4.78, 5) is 34.9. The van der Waals surface area contributed by atoms with Gasteiger partial charge in [-0.2, -0.15) is 0 Å². The fraction of sp³-hybridized carbons (Fsp3) is 0.273. The van der Waals surface area contributed by atoms with Crippen molar-refractivity contribution in [2.24, 2.45) is 0 Å². The van der Waals surface area contributed by atoms with Crippen molar-refractivity contribution in [1.82, 2.24) is 25.5 Å². The van der Waals surface area contributed by atoms with Crippen molar-refractivity contribution >= 4 is 22.6 Å². The average Bonchev–Trinajstić information content (AvgIpc) is 2.75. The van der Waals surface area contributed by atoms with Gasteiger partial charge in [-0.3, -0.25) is 14.5 Å². The Balaban J connectivity index is 1.42. The Morgan fingerprint density at radius 3 is 2.86 bits per heavy atom. The highest BCUT2D eigenvalue weighted by atomic mass is 16.2. The molecule has 7 nitrogen and oxygen atoms in total. The molecule has 7 heteroatoms. The predicted octanol–water partition coefficient (Wildman–Crippen LogP) is 1.64. The second kappa shape index (κ2) is 8.79. The molecular weight excluding hydrogens is 366 g/mol. The van der Waals surface area contributed by atoms with E-state index >= 15 is 0 Å². The molecule has 0 aliphatic carbocycles. The van der Waals surface area contributed by atoms with E-state index in [1.54, 1.807) is 12.3 Å². The summed E-state index contributed by atoms with van der Waals surface area (Å²) in [7, 11) is 0. The second-order valence-corrected chi connectivity index (χ2v) is 7.14. The van der Waals surface area contributed by atoms with Gasteiger partial charge in [0.2, 0.25) is 11.8 Å². The lowest BCUT2D eigenvalue weighted by molar-refractivity contribution is -0.134. The van der Waals surface area contributed by atoms with Crippen molar-refractivity contribution in [3.05, 3.63) is 72.3 Å². The van der Waals surface area contributed by atoms with Gasteiger partial charge in [0.1, 0.15) is 6.33 Å². The second-order valence-electron chi connectivity index (χ2n) is 7.14. The number of carbonyl (C=O) groups is 2. The van der Waals surface area contributed by atoms with Crippen molar-refractivity contribution in [3.63, 3.8) is 0 Å². The van der Waals surface area contributed by atoms with Gasteiger partial charge in [0, 0.05) is 25.8 Å². The van der Waals surface area contributed by atoms with E-state index in [0.29, 0.717) is 26.2 Å². The van der Waals surface area contributed by atoms with Crippen LogP contribution in [0.1, 0.15) is 17.7 Å². The van der Waals surface area contributed by atoms with E-state index in [0.717, 1.165) is 11.3 Å². The molecule has 1 saturated heterocycles. The molecule has 0 radical (unpaired) electrons. The average molecular weight is 389 g/mol. The first-order valence-corrected chi connectivity index (χ1v) is 9.70. The number of hydrogen-bond donors (Lipinski definition) is 2. The normalized spacial score (nSPS) is 17.1. The molecule has 1 aliphatic rings. The van der Waals surface area contributed by atoms with E-state index in [2.05, 4.69) is 55.8 Å². The summed E-state index contributed by atoms with van der Waals surface area (Å²) >= 11 is 0. The summed E-state index contributed by atoms with van der Waals surface area (Å²) in [6, 6.07) is 15.8. The SMILES string of the molecule is O=C(CC1C(=O)NCCN1Cc1ccc2ccccc2c1)NCc1ccncn1. The first kappa shape index (κ1) is 19.0. The Kier molecular flexibility index (Phi) is 5.76. The van der Waals surface area contributed by atoms with Gasteiger partial charge in [0.25, 0.3) is 0 Å². The van der Waals surface area contributed by atoms with Crippen molar-refractivity contribution in [3.8, 4) is 0 Å². The zero-order chi connectivity index (χ0) is 20.1. The van der Waals surface area contributed by atoms with Crippen LogP contribution in [0.5, 0.6) is 0 Å². The van der Waals surface area contributed by atoms with E-state index in [4.69, 9.17) is 0 Å². The van der Waals surface area contributed by atoms with Crippen LogP contribution in [0.2, 0.25) is 0 Å². The van der Waals surface area contributed by atoms with Crippen molar-refractivity contribution < 1.29 is 9.59 Å². The minimum Gasteiger partial charge on any atom is -0.353 e. The lowest BCUT2D eigenvalue weighted by Crippen LogP contribution is -2.56. The highest BCUT2D eigenvalue weighted by Gasteiger charge is 2.31. The molecular formula is C22H23N5O2. The van der Waals surface area contributed by atoms with Gasteiger partial charge < -0.3 is 10.6 Å². The van der Waals surface area contributed by atoms with Gasteiger partial charge in [-0.05, 0) is 28.5 Å². The fourth-order valence-electron chi connectivity index (χ4n) is 3.60. The number of rotatable bonds is 6. The molecule has 1 aliphatic heterocycles. The smallest absolute Gasteiger partial charge is 0.237 e. The first-order valence-electron chi connectivity index (χ1n) is 9.70. The summed E-state index contributed by atoms with van der Waals surface area (Å²) in [5.41, 5.74) is 1.86. The van der Waals surface area contributed by atoms with Crippen LogP contribution in [-0.2, 0) is 22.7 Å². The van der Waals surface area contributed by atoms with Crippen LogP contribution in [0, 0.1) is 0 Å². The predicted molar refractivity (Wildman–Crippen MR) is 110 cm³/mol. The topological polar surface area (TPSA) is 87.2 Å². The molecule has 0 saturated carbocycles. The molecule has 2 heterocycles. The van der Waals surface area contributed by atoms with Crippen LogP contribution in [0.15, 0.2) is 61.1 Å². The monoisotopic (exact) mass is 389 g/mol. The molecule has 2 amide bonds. The van der Waals surface area contributed by atoms with E-state index in [-0.39, 0.29) is 18.2 Å². The number of aromatic nitrogens is 2. The number of benzene rings is 2. The summed E-state index contributed by atoms with van der Waals surface area (Å²) in [6.45, 7) is 2.25. The third-order valence-corrected chi connectivity index (χ3v) is 5.13. The van der Waals surface area contributed by atoms with Gasteiger partial charge in [-0.1, -0.05) is 36.4 Å². The standard InChI is InChI=1S/C22H23N5O2/c28-21(25-13-19-7-8-23-15-26-19)12-20-22(29)24-9-10-27(20)14-16-5-6-17-3-1-2-4-18(17)11-16/h1-8,11,15,20H,9-10,12-14H2,(H,24,29)(H,25,28). The van der Waals surface area contributed by atoms with E-state index < -0.39 is 6.04 Å². The van der Waals surface area contributed by atoms with E-state index in [1.165, 1.54) is 17.1 Å². The fourth-order valence-corrected chi connectivity index (χ4v) is 3.60. The zero-order valence-corrected chi connectivity index (χ0v) is 16.0. The van der Waals surface area contributed by atoms with Gasteiger partial charge in [0.15, 0.2) is 0 Å². The highest BCUT2D eigenvalue weighted by molar-refractivity contribution is 5.89. The largest absolute Gasteiger partial charge is 0.353 e. The summed E-state index contributed by atoms with van der Waals surface area (Å²) in [5.74, 6) is -0.275. The van der Waals surface area contributed by atoms with Crippen molar-refractivity contribution in [1.29, 1.82) is 0 Å². The number of hydrogen-bond acceptors (Lipinski definition) is 5. The molecule has 1 atom stereocenters. The molecule has 0 spiro atoms. The van der Waals surface area contributed by atoms with Crippen molar-refractivity contribution in [2.75, 3.05) is 13.1 Å². The molecule has 1 aromatic heterocycles. The molecule has 2 aromatic carbocycles. The molecule has 3 aromatic rings. The molecule has 1 unspecified atom stereocenters. The van der Waals surface area contributed by atoms with Crippen LogP contribution in [0.25, 0.3) is 10.8 Å². The molecule has 1 fully saturated rings. The zero-order valence-electron chi connectivity index (χ0n) is 16.0. The van der Waals surface area contributed by atoms with E-state index in [9.17, 15) is 9.59 Å². The van der Waals surface area contributed by atoms with Gasteiger partial charge >= 0.3 is 0 Å². The summed E-state index contributed by atoms with van der Waals surface area (Å²) in [5, 5.41) is 8.08. The molecule has 148 valence electrons. The van der Waals surface area contributed by atoms with E-state index in [1.807, 2.05) is 12.1 Å². The van der Waals surface area contributed by atoms with Crippen LogP contribution >= 0.6 is 0 Å². The Hall–Kier alpha value is -3.32. The quantitative estimate of drug-likeness (QED) is 0.669. The molecule has 2 N–H and O–H groups in total. The first-order chi connectivity index (χ1) is 14.2. The maximum atomic E-state index is 12.5. The lowest BCUT2D eigenvalue weighted by Gasteiger charge is -2.34. The van der Waals surface area contributed by atoms with Crippen molar-refractivity contribution in [2.45, 2.75) is 25.6 Å². The molecule has 0 bridgehead atoms. The third-order valence-electron chi connectivity index (χ3n) is 5.13. The van der Waals surface area contributed by atoms with Gasteiger partial charge in [-0.15, -0.1) is 0 Å². The van der Waals surface area contributed by atoms with Crippen LogP contribution < -0.4 is 10.6 Å². The number of piperazine rings is 1. The van der Waals surface area contributed by atoms with Crippen LogP contribution in [0.3, 0.4) is 0 Å². The number of amides is 2. The number of nitrogens with one attached hydrogen (secondary N) is 2. The van der Waals surface area contributed by atoms with Gasteiger partial charge in [-0.25, -0.2) is 9.97 Å². The number of fused-ring (bicyclic) bond motifs is 1. The maximum absolute atomic E-state index is 12.5. The summed E-state index contributed by atoms with van der Waals surface area (Å²) < 4.78 is 0. The highest BCUT2D eigenvalue weighted by Crippen LogP contribution is 2.19. The lowest BCUT2D eigenvalue weighted by atomic mass is 10.0. The Labute approximate surface area is 169 Å². The number of carbonyl (C=O) groups excluding carboxylic acids is 2. The Morgan fingerprint density at radius 2 is 2.03 bits per heavy atom.